The van der Waals surface area contributed by atoms with Crippen molar-refractivity contribution in [2.24, 2.45) is 0 Å². The predicted octanol–water partition coefficient (Wildman–Crippen LogP) is 4.87. The SMILES string of the molecule is O=S(=O)(CCc1cccc2ccccc12)Nc1cccc2ccn(CCN3CCCC3)c12. The van der Waals surface area contributed by atoms with E-state index in [-0.39, 0.29) is 5.75 Å². The maximum Gasteiger partial charge on any atom is 0.233 e. The Kier molecular flexibility index (Phi) is 5.89. The third-order valence-corrected chi connectivity index (χ3v) is 7.70. The van der Waals surface area contributed by atoms with Crippen LogP contribution in [0, 0.1) is 0 Å². The van der Waals surface area contributed by atoms with Crippen LogP contribution in [0.4, 0.5) is 5.69 Å². The lowest BCUT2D eigenvalue weighted by Crippen LogP contribution is -2.24. The van der Waals surface area contributed by atoms with E-state index < -0.39 is 10.0 Å². The fourth-order valence-corrected chi connectivity index (χ4v) is 5.85. The van der Waals surface area contributed by atoms with Crippen LogP contribution in [-0.4, -0.2) is 43.3 Å². The van der Waals surface area contributed by atoms with E-state index in [4.69, 9.17) is 0 Å². The molecule has 1 saturated heterocycles. The van der Waals surface area contributed by atoms with Crippen LogP contribution in [0.2, 0.25) is 0 Å². The summed E-state index contributed by atoms with van der Waals surface area (Å²) in [6.07, 6.45) is 5.08. The molecule has 0 unspecified atom stereocenters. The molecule has 1 aliphatic heterocycles. The zero-order valence-corrected chi connectivity index (χ0v) is 19.0. The Morgan fingerprint density at radius 3 is 2.44 bits per heavy atom. The molecule has 5 nitrogen and oxygen atoms in total. The average molecular weight is 448 g/mol. The molecule has 0 bridgehead atoms. The highest BCUT2D eigenvalue weighted by molar-refractivity contribution is 7.92. The van der Waals surface area contributed by atoms with Crippen LogP contribution < -0.4 is 4.72 Å². The van der Waals surface area contributed by atoms with Gasteiger partial charge in [-0.1, -0.05) is 54.6 Å². The van der Waals surface area contributed by atoms with E-state index in [2.05, 4.69) is 44.7 Å². The highest BCUT2D eigenvalue weighted by atomic mass is 32.2. The highest BCUT2D eigenvalue weighted by Gasteiger charge is 2.16. The molecule has 1 N–H and O–H groups in total. The molecule has 1 aromatic heterocycles. The summed E-state index contributed by atoms with van der Waals surface area (Å²) in [6.45, 7) is 4.17. The summed E-state index contributed by atoms with van der Waals surface area (Å²) in [5.74, 6) is 0.0475. The fraction of sp³-hybridized carbons (Fsp3) is 0.308. The molecule has 0 spiro atoms. The van der Waals surface area contributed by atoms with Gasteiger partial charge in [-0.2, -0.15) is 0 Å². The summed E-state index contributed by atoms with van der Waals surface area (Å²) < 4.78 is 31.1. The molecule has 32 heavy (non-hydrogen) atoms. The monoisotopic (exact) mass is 447 g/mol. The van der Waals surface area contributed by atoms with E-state index in [0.717, 1.165) is 53.4 Å². The van der Waals surface area contributed by atoms with Crippen molar-refractivity contribution in [3.8, 4) is 0 Å². The molecule has 166 valence electrons. The molecule has 0 atom stereocenters. The van der Waals surface area contributed by atoms with Crippen molar-refractivity contribution in [3.63, 3.8) is 0 Å². The van der Waals surface area contributed by atoms with Gasteiger partial charge in [-0.25, -0.2) is 8.42 Å². The molecule has 0 saturated carbocycles. The van der Waals surface area contributed by atoms with Gasteiger partial charge in [-0.3, -0.25) is 4.72 Å². The first-order valence-electron chi connectivity index (χ1n) is 11.4. The van der Waals surface area contributed by atoms with Crippen molar-refractivity contribution in [3.05, 3.63) is 78.5 Å². The number of likely N-dealkylation sites (tertiary alicyclic amines) is 1. The normalized spacial score (nSPS) is 15.0. The Morgan fingerprint density at radius 2 is 1.56 bits per heavy atom. The Balaban J connectivity index is 1.34. The Morgan fingerprint density at radius 1 is 0.812 bits per heavy atom. The number of fused-ring (bicyclic) bond motifs is 2. The molecule has 5 rings (SSSR count). The first-order chi connectivity index (χ1) is 15.6. The van der Waals surface area contributed by atoms with Crippen molar-refractivity contribution in [1.82, 2.24) is 9.47 Å². The van der Waals surface area contributed by atoms with Crippen LogP contribution in [-0.2, 0) is 23.0 Å². The summed E-state index contributed by atoms with van der Waals surface area (Å²) in [4.78, 5) is 2.47. The third kappa shape index (κ3) is 4.52. The molecule has 1 fully saturated rings. The number of para-hydroxylation sites is 1. The van der Waals surface area contributed by atoms with Crippen LogP contribution in [0.5, 0.6) is 0 Å². The summed E-state index contributed by atoms with van der Waals surface area (Å²) in [7, 11) is -3.49. The third-order valence-electron chi connectivity index (χ3n) is 6.43. The summed E-state index contributed by atoms with van der Waals surface area (Å²) >= 11 is 0. The number of anilines is 1. The lowest BCUT2D eigenvalue weighted by Gasteiger charge is -2.17. The van der Waals surface area contributed by atoms with Crippen molar-refractivity contribution >= 4 is 37.4 Å². The first-order valence-corrected chi connectivity index (χ1v) is 13.0. The second kappa shape index (κ2) is 8.96. The second-order valence-corrected chi connectivity index (χ2v) is 10.5. The van der Waals surface area contributed by atoms with Gasteiger partial charge in [0.2, 0.25) is 10.0 Å². The molecule has 1 aliphatic rings. The number of hydrogen-bond acceptors (Lipinski definition) is 3. The lowest BCUT2D eigenvalue weighted by atomic mass is 10.0. The van der Waals surface area contributed by atoms with Crippen molar-refractivity contribution in [2.75, 3.05) is 30.1 Å². The van der Waals surface area contributed by atoms with Gasteiger partial charge in [0.05, 0.1) is 17.0 Å². The quantitative estimate of drug-likeness (QED) is 0.419. The van der Waals surface area contributed by atoms with Gasteiger partial charge in [0.15, 0.2) is 0 Å². The maximum atomic E-state index is 13.0. The van der Waals surface area contributed by atoms with Crippen LogP contribution in [0.15, 0.2) is 72.9 Å². The smallest absolute Gasteiger partial charge is 0.233 e. The first kappa shape index (κ1) is 21.0. The molecule has 0 radical (unpaired) electrons. The van der Waals surface area contributed by atoms with Gasteiger partial charge in [0, 0.05) is 24.7 Å². The van der Waals surface area contributed by atoms with Crippen LogP contribution in [0.3, 0.4) is 0 Å². The lowest BCUT2D eigenvalue weighted by molar-refractivity contribution is 0.324. The zero-order valence-electron chi connectivity index (χ0n) is 18.2. The van der Waals surface area contributed by atoms with Gasteiger partial charge < -0.3 is 9.47 Å². The Bertz CT molecular complexity index is 1330. The minimum absolute atomic E-state index is 0.0475. The molecular formula is C26H29N3O2S. The average Bonchev–Trinajstić information content (AvgIpc) is 3.46. The molecule has 2 heterocycles. The molecule has 3 aromatic carbocycles. The van der Waals surface area contributed by atoms with Crippen LogP contribution >= 0.6 is 0 Å². The number of sulfonamides is 1. The number of benzene rings is 3. The van der Waals surface area contributed by atoms with Crippen molar-refractivity contribution < 1.29 is 8.42 Å². The topological polar surface area (TPSA) is 54.3 Å². The van der Waals surface area contributed by atoms with E-state index in [1.165, 1.54) is 12.8 Å². The summed E-state index contributed by atoms with van der Waals surface area (Å²) in [5, 5.41) is 3.31. The molecule has 0 aliphatic carbocycles. The number of aromatic nitrogens is 1. The molecule has 0 amide bonds. The van der Waals surface area contributed by atoms with E-state index in [0.29, 0.717) is 12.1 Å². The van der Waals surface area contributed by atoms with Crippen LogP contribution in [0.1, 0.15) is 18.4 Å². The minimum Gasteiger partial charge on any atom is -0.344 e. The number of rotatable bonds is 8. The Hall–Kier alpha value is -2.83. The second-order valence-electron chi connectivity index (χ2n) is 8.61. The van der Waals surface area contributed by atoms with E-state index in [1.807, 2.05) is 42.5 Å². The zero-order chi connectivity index (χ0) is 22.0. The van der Waals surface area contributed by atoms with Gasteiger partial charge >= 0.3 is 0 Å². The van der Waals surface area contributed by atoms with Gasteiger partial charge in [0.25, 0.3) is 0 Å². The Labute approximate surface area is 189 Å². The van der Waals surface area contributed by atoms with Gasteiger partial charge in [-0.05, 0) is 60.8 Å². The molecule has 6 heteroatoms. The van der Waals surface area contributed by atoms with Gasteiger partial charge in [0.1, 0.15) is 0 Å². The number of aryl methyl sites for hydroxylation is 1. The number of hydrogen-bond donors (Lipinski definition) is 1. The largest absolute Gasteiger partial charge is 0.344 e. The van der Waals surface area contributed by atoms with Crippen LogP contribution in [0.25, 0.3) is 21.7 Å². The summed E-state index contributed by atoms with van der Waals surface area (Å²) in [6, 6.07) is 22.1. The maximum absolute atomic E-state index is 13.0. The fourth-order valence-electron chi connectivity index (χ4n) is 4.76. The van der Waals surface area contributed by atoms with Crippen molar-refractivity contribution in [1.29, 1.82) is 0 Å². The highest BCUT2D eigenvalue weighted by Crippen LogP contribution is 2.26. The van der Waals surface area contributed by atoms with E-state index >= 15 is 0 Å². The molecule has 4 aromatic rings. The summed E-state index contributed by atoms with van der Waals surface area (Å²) in [5.41, 5.74) is 2.67. The molecular weight excluding hydrogens is 418 g/mol. The van der Waals surface area contributed by atoms with E-state index in [9.17, 15) is 8.42 Å². The van der Waals surface area contributed by atoms with Crippen molar-refractivity contribution in [2.45, 2.75) is 25.8 Å². The number of nitrogens with one attached hydrogen (secondary N) is 1. The number of nitrogens with zero attached hydrogens (tertiary/aromatic N) is 2. The standard InChI is InChI=1S/C26H29N3O2S/c30-32(31,20-14-22-9-5-8-21-7-1-2-11-24(21)22)27-25-12-6-10-23-13-17-29(26(23)25)19-18-28-15-3-4-16-28/h1-2,5-13,17,27H,3-4,14-16,18-20H2. The van der Waals surface area contributed by atoms with Gasteiger partial charge in [-0.15, -0.1) is 0 Å². The minimum atomic E-state index is -3.49. The van der Waals surface area contributed by atoms with E-state index in [1.54, 1.807) is 0 Å². The predicted molar refractivity (Wildman–Crippen MR) is 133 cm³/mol.